The van der Waals surface area contributed by atoms with Gasteiger partial charge >= 0.3 is 17.9 Å². The first-order chi connectivity index (χ1) is 40.5. The normalized spacial score (nSPS) is 12.1. The molecule has 1 aromatic rings. The van der Waals surface area contributed by atoms with Crippen molar-refractivity contribution < 1.29 is 92.1 Å². The van der Waals surface area contributed by atoms with Gasteiger partial charge < -0.3 is 71.3 Å². The second kappa shape index (κ2) is 51.2. The monoisotopic (exact) mass is 1190 g/mol. The van der Waals surface area contributed by atoms with E-state index in [1.54, 1.807) is 30.3 Å². The first-order valence-corrected chi connectivity index (χ1v) is 29.9. The summed E-state index contributed by atoms with van der Waals surface area (Å²) in [4.78, 5) is 133. The lowest BCUT2D eigenvalue weighted by Crippen LogP contribution is -2.48. The third-order valence-corrected chi connectivity index (χ3v) is 13.3. The lowest BCUT2D eigenvalue weighted by Gasteiger charge is -2.20. The van der Waals surface area contributed by atoms with E-state index in [2.05, 4.69) is 31.9 Å². The molecule has 1 aromatic carbocycles. The summed E-state index contributed by atoms with van der Waals surface area (Å²) in [6.45, 7) is -0.109. The summed E-state index contributed by atoms with van der Waals surface area (Å²) >= 11 is 0. The third kappa shape index (κ3) is 44.3. The number of unbranched alkanes of at least 4 members (excludes halogenated alkanes) is 14. The van der Waals surface area contributed by atoms with Gasteiger partial charge in [-0.2, -0.15) is 0 Å². The molecule has 0 aliphatic carbocycles. The number of carboxylic acids is 3. The molecular formula is C59H96N6O19. The predicted molar refractivity (Wildman–Crippen MR) is 309 cm³/mol. The van der Waals surface area contributed by atoms with Crippen molar-refractivity contribution in [1.29, 1.82) is 0 Å². The van der Waals surface area contributed by atoms with Gasteiger partial charge in [-0.05, 0) is 51.4 Å². The molecule has 84 heavy (non-hydrogen) atoms. The van der Waals surface area contributed by atoms with Gasteiger partial charge in [0.15, 0.2) is 17.3 Å². The number of aliphatic hydroxyl groups is 1. The smallest absolute Gasteiger partial charge is 0.326 e. The van der Waals surface area contributed by atoms with Gasteiger partial charge in [0, 0.05) is 63.7 Å². The van der Waals surface area contributed by atoms with Crippen molar-refractivity contribution in [1.82, 2.24) is 31.9 Å². The van der Waals surface area contributed by atoms with Crippen molar-refractivity contribution in [3.8, 4) is 0 Å². The Balaban J connectivity index is 2.06. The van der Waals surface area contributed by atoms with E-state index in [9.17, 15) is 68.1 Å². The topological polar surface area (TPSA) is 378 Å². The van der Waals surface area contributed by atoms with Crippen molar-refractivity contribution in [3.05, 3.63) is 35.9 Å². The fourth-order valence-electron chi connectivity index (χ4n) is 8.53. The quantitative estimate of drug-likeness (QED) is 0.0328. The molecule has 0 heterocycles. The highest BCUT2D eigenvalue weighted by molar-refractivity contribution is 5.96. The Morgan fingerprint density at radius 1 is 0.393 bits per heavy atom. The van der Waals surface area contributed by atoms with E-state index in [0.717, 1.165) is 51.4 Å². The molecule has 0 aliphatic heterocycles. The maximum Gasteiger partial charge on any atom is 0.326 e. The van der Waals surface area contributed by atoms with Crippen LogP contribution in [0.2, 0.25) is 0 Å². The van der Waals surface area contributed by atoms with E-state index < -0.39 is 66.5 Å². The lowest BCUT2D eigenvalue weighted by molar-refractivity contribution is -0.142. The average Bonchev–Trinajstić information content (AvgIpc) is 3.49. The average molecular weight is 1190 g/mol. The number of carbonyl (C=O) groups excluding carboxylic acids is 8. The number of amides is 5. The van der Waals surface area contributed by atoms with Crippen LogP contribution in [0.15, 0.2) is 30.3 Å². The molecule has 25 nitrogen and oxygen atoms in total. The van der Waals surface area contributed by atoms with E-state index in [0.29, 0.717) is 24.8 Å². The summed E-state index contributed by atoms with van der Waals surface area (Å²) in [6.07, 6.45) is 15.9. The minimum Gasteiger partial charge on any atom is -0.481 e. The van der Waals surface area contributed by atoms with Crippen molar-refractivity contribution >= 4 is 64.8 Å². The number of carbonyl (C=O) groups is 11. The van der Waals surface area contributed by atoms with Crippen LogP contribution in [0, 0.1) is 0 Å². The van der Waals surface area contributed by atoms with Crippen LogP contribution in [0.5, 0.6) is 0 Å². The van der Waals surface area contributed by atoms with E-state index in [1.165, 1.54) is 32.1 Å². The lowest BCUT2D eigenvalue weighted by atomic mass is 10.0. The van der Waals surface area contributed by atoms with Crippen molar-refractivity contribution in [2.24, 2.45) is 0 Å². The highest BCUT2D eigenvalue weighted by atomic mass is 16.5. The number of rotatable bonds is 58. The molecule has 3 atom stereocenters. The molecule has 476 valence electrons. The SMILES string of the molecule is O=C(O)CCCCCCCCCCCCCCCCC(=O)N[C@@H](CCC(=O)NCCOCCOCC(=O)NCCOCCOCC(=O)NCCCC[C@H](NCC(=O)[C@H](CCC(=O)O)NC(=O)CCCC(=O)c1ccccc1)C(=O)CO)C(=O)O. The minimum absolute atomic E-state index is 0.0551. The molecule has 1 rings (SSSR count). The first kappa shape index (κ1) is 75.8. The van der Waals surface area contributed by atoms with Crippen LogP contribution in [0.25, 0.3) is 0 Å². The van der Waals surface area contributed by atoms with Gasteiger partial charge in [-0.15, -0.1) is 0 Å². The zero-order valence-corrected chi connectivity index (χ0v) is 49.1. The fraction of sp³-hybridized carbons (Fsp3) is 0.712. The summed E-state index contributed by atoms with van der Waals surface area (Å²) in [5.74, 6) is -6.38. The Labute approximate surface area is 493 Å². The summed E-state index contributed by atoms with van der Waals surface area (Å²) < 4.78 is 21.4. The van der Waals surface area contributed by atoms with E-state index in [4.69, 9.17) is 24.1 Å². The molecule has 0 radical (unpaired) electrons. The zero-order valence-electron chi connectivity index (χ0n) is 49.1. The van der Waals surface area contributed by atoms with Gasteiger partial charge in [0.25, 0.3) is 0 Å². The molecule has 0 saturated carbocycles. The van der Waals surface area contributed by atoms with Crippen LogP contribution in [0.3, 0.4) is 0 Å². The highest BCUT2D eigenvalue weighted by Gasteiger charge is 2.25. The maximum absolute atomic E-state index is 13.1. The molecule has 0 saturated heterocycles. The van der Waals surface area contributed by atoms with Crippen LogP contribution in [-0.4, -0.2) is 189 Å². The Morgan fingerprint density at radius 2 is 0.857 bits per heavy atom. The second-order valence-electron chi connectivity index (χ2n) is 20.4. The van der Waals surface area contributed by atoms with Gasteiger partial charge in [-0.25, -0.2) is 4.79 Å². The van der Waals surface area contributed by atoms with Crippen LogP contribution >= 0.6 is 0 Å². The summed E-state index contributed by atoms with van der Waals surface area (Å²) in [6, 6.07) is 5.34. The summed E-state index contributed by atoms with van der Waals surface area (Å²) in [7, 11) is 0. The minimum atomic E-state index is -1.21. The number of aliphatic hydroxyl groups excluding tert-OH is 1. The molecule has 0 spiro atoms. The molecule has 0 aromatic heterocycles. The number of ketones is 3. The summed E-state index contributed by atoms with van der Waals surface area (Å²) in [5.41, 5.74) is 0.515. The van der Waals surface area contributed by atoms with Crippen LogP contribution in [0.4, 0.5) is 0 Å². The molecule has 25 heteroatoms. The Morgan fingerprint density at radius 3 is 1.38 bits per heavy atom. The molecule has 5 amide bonds. The maximum atomic E-state index is 13.1. The van der Waals surface area contributed by atoms with Gasteiger partial charge in [-0.1, -0.05) is 107 Å². The number of benzene rings is 1. The summed E-state index contributed by atoms with van der Waals surface area (Å²) in [5, 5.41) is 52.8. The number of hydrogen-bond acceptors (Lipinski definition) is 17. The molecule has 0 fully saturated rings. The molecule has 0 unspecified atom stereocenters. The highest BCUT2D eigenvalue weighted by Crippen LogP contribution is 2.15. The van der Waals surface area contributed by atoms with Crippen molar-refractivity contribution in [3.63, 3.8) is 0 Å². The molecule has 0 aliphatic rings. The number of Topliss-reactive ketones (excluding diaryl/α,β-unsaturated/α-hetero) is 3. The Bertz CT molecular complexity index is 2060. The zero-order chi connectivity index (χ0) is 61.8. The van der Waals surface area contributed by atoms with Crippen molar-refractivity contribution in [2.75, 3.05) is 85.6 Å². The number of aliphatic carboxylic acids is 3. The van der Waals surface area contributed by atoms with Gasteiger partial charge in [-0.3, -0.25) is 47.9 Å². The number of carboxylic acid groups (broad SMARTS) is 3. The van der Waals surface area contributed by atoms with Gasteiger partial charge in [0.2, 0.25) is 29.5 Å². The van der Waals surface area contributed by atoms with E-state index in [1.807, 2.05) is 0 Å². The molecular weight excluding hydrogens is 1100 g/mol. The Hall–Kier alpha value is -6.25. The third-order valence-electron chi connectivity index (χ3n) is 13.3. The first-order valence-electron chi connectivity index (χ1n) is 29.9. The fourth-order valence-corrected chi connectivity index (χ4v) is 8.53. The van der Waals surface area contributed by atoms with E-state index in [-0.39, 0.29) is 166 Å². The van der Waals surface area contributed by atoms with Crippen LogP contribution in [-0.2, 0) is 66.9 Å². The van der Waals surface area contributed by atoms with Gasteiger partial charge in [0.05, 0.1) is 58.3 Å². The van der Waals surface area contributed by atoms with Crippen LogP contribution < -0.4 is 31.9 Å². The van der Waals surface area contributed by atoms with Crippen molar-refractivity contribution in [2.45, 2.75) is 185 Å². The van der Waals surface area contributed by atoms with Crippen LogP contribution in [0.1, 0.15) is 177 Å². The molecule has 10 N–H and O–H groups in total. The van der Waals surface area contributed by atoms with E-state index >= 15 is 0 Å². The number of ether oxygens (including phenoxy) is 4. The number of nitrogens with one attached hydrogen (secondary N) is 6. The Kier molecular flexibility index (Phi) is 46.2. The largest absolute Gasteiger partial charge is 0.481 e. The second-order valence-corrected chi connectivity index (χ2v) is 20.4. The standard InChI is InChI=1S/C59H96N6O19/c66-42-51(69)46(63-41-50(68)47(29-31-58(77)78)64-54(72)26-20-24-49(67)45-21-14-13-15-22-45)23-18-19-32-60-55(73)43-83-39-38-82-36-34-62-56(74)44-84-40-37-81-35-33-61-52(70)30-28-48(59(79)80)65-53(71)25-16-11-9-7-5-3-1-2-4-6-8-10-12-17-27-57(75)76/h13-15,21-22,46-48,63,66H,1-12,16-20,23-44H2,(H,60,73)(H,61,70)(H,62,74)(H,64,72)(H,65,71)(H,75,76)(H,77,78)(H,79,80)/t46-,47-,48-/m0/s1. The predicted octanol–water partition coefficient (Wildman–Crippen LogP) is 3.74. The number of hydrogen-bond donors (Lipinski definition) is 10. The van der Waals surface area contributed by atoms with Gasteiger partial charge in [0.1, 0.15) is 25.9 Å². The molecule has 0 bridgehead atoms.